The second-order valence-corrected chi connectivity index (χ2v) is 5.48. The first-order chi connectivity index (χ1) is 9.60. The summed E-state index contributed by atoms with van der Waals surface area (Å²) < 4.78 is 6.42. The van der Waals surface area contributed by atoms with Gasteiger partial charge in [0.2, 0.25) is 0 Å². The predicted molar refractivity (Wildman–Crippen MR) is 85.5 cm³/mol. The van der Waals surface area contributed by atoms with E-state index in [0.29, 0.717) is 18.9 Å². The van der Waals surface area contributed by atoms with Crippen molar-refractivity contribution in [2.45, 2.75) is 20.4 Å². The Hall–Kier alpha value is -1.68. The minimum absolute atomic E-state index is 0.202. The van der Waals surface area contributed by atoms with Crippen molar-refractivity contribution >= 4 is 21.6 Å². The van der Waals surface area contributed by atoms with Crippen LogP contribution in [0.5, 0.6) is 11.5 Å². The van der Waals surface area contributed by atoms with Gasteiger partial charge in [0.05, 0.1) is 6.61 Å². The minimum atomic E-state index is 0.202. The number of anilines is 1. The van der Waals surface area contributed by atoms with Crippen LogP contribution >= 0.6 is 15.9 Å². The molecule has 2 aromatic rings. The van der Waals surface area contributed by atoms with Crippen LogP contribution in [-0.2, 0) is 6.54 Å². The van der Waals surface area contributed by atoms with E-state index in [1.165, 1.54) is 5.56 Å². The first-order valence-electron chi connectivity index (χ1n) is 6.55. The number of rotatable bonds is 5. The topological polar surface area (TPSA) is 41.5 Å². The third-order valence-corrected chi connectivity index (χ3v) is 3.37. The first-order valence-corrected chi connectivity index (χ1v) is 7.34. The molecule has 0 radical (unpaired) electrons. The lowest BCUT2D eigenvalue weighted by Crippen LogP contribution is -2.01. The number of halogens is 1. The van der Waals surface area contributed by atoms with E-state index in [-0.39, 0.29) is 5.75 Å². The van der Waals surface area contributed by atoms with E-state index in [2.05, 4.69) is 33.4 Å². The largest absolute Gasteiger partial charge is 0.504 e. The quantitative estimate of drug-likeness (QED) is 0.846. The fourth-order valence-corrected chi connectivity index (χ4v) is 2.63. The van der Waals surface area contributed by atoms with Crippen molar-refractivity contribution in [1.82, 2.24) is 0 Å². The van der Waals surface area contributed by atoms with Crippen molar-refractivity contribution in [2.75, 3.05) is 11.9 Å². The molecule has 0 fully saturated rings. The lowest BCUT2D eigenvalue weighted by Gasteiger charge is -2.12. The summed E-state index contributed by atoms with van der Waals surface area (Å²) in [6.07, 6.45) is 0. The van der Waals surface area contributed by atoms with Gasteiger partial charge in [-0.15, -0.1) is 0 Å². The molecule has 0 heterocycles. The van der Waals surface area contributed by atoms with Gasteiger partial charge in [-0.3, -0.25) is 0 Å². The zero-order valence-electron chi connectivity index (χ0n) is 11.6. The Bertz CT molecular complexity index is 579. The summed E-state index contributed by atoms with van der Waals surface area (Å²) in [7, 11) is 0. The third kappa shape index (κ3) is 3.67. The molecule has 0 atom stereocenters. The van der Waals surface area contributed by atoms with Crippen molar-refractivity contribution in [1.29, 1.82) is 0 Å². The average Bonchev–Trinajstić information content (AvgIpc) is 2.39. The molecule has 0 aliphatic rings. The maximum absolute atomic E-state index is 10.1. The predicted octanol–water partition coefficient (Wildman–Crippen LogP) is 4.47. The van der Waals surface area contributed by atoms with Crippen molar-refractivity contribution < 1.29 is 9.84 Å². The lowest BCUT2D eigenvalue weighted by atomic mass is 10.1. The van der Waals surface area contributed by atoms with E-state index >= 15 is 0 Å². The number of para-hydroxylation sites is 1. The number of hydrogen-bond acceptors (Lipinski definition) is 3. The third-order valence-electron chi connectivity index (χ3n) is 2.91. The number of ether oxygens (including phenoxy) is 1. The lowest BCUT2D eigenvalue weighted by molar-refractivity contribution is 0.317. The molecular formula is C16H18BrNO2. The van der Waals surface area contributed by atoms with E-state index in [4.69, 9.17) is 4.74 Å². The van der Waals surface area contributed by atoms with Crippen LogP contribution in [-0.4, -0.2) is 11.7 Å². The molecule has 0 unspecified atom stereocenters. The molecule has 2 N–H and O–H groups in total. The Kier molecular flexibility index (Phi) is 4.90. The summed E-state index contributed by atoms with van der Waals surface area (Å²) >= 11 is 3.48. The summed E-state index contributed by atoms with van der Waals surface area (Å²) in [6.45, 7) is 5.02. The van der Waals surface area contributed by atoms with Crippen LogP contribution in [0.1, 0.15) is 18.1 Å². The van der Waals surface area contributed by atoms with Crippen LogP contribution < -0.4 is 10.1 Å². The highest BCUT2D eigenvalue weighted by Crippen LogP contribution is 2.30. The summed E-state index contributed by atoms with van der Waals surface area (Å²) in [5.74, 6) is 0.728. The number of hydrogen-bond donors (Lipinski definition) is 2. The van der Waals surface area contributed by atoms with E-state index < -0.39 is 0 Å². The number of nitrogens with one attached hydrogen (secondary N) is 1. The monoisotopic (exact) mass is 335 g/mol. The molecule has 106 valence electrons. The Morgan fingerprint density at radius 3 is 2.75 bits per heavy atom. The molecule has 0 saturated carbocycles. The highest BCUT2D eigenvalue weighted by Gasteiger charge is 2.07. The molecule has 2 rings (SSSR count). The summed E-state index contributed by atoms with van der Waals surface area (Å²) in [6, 6.07) is 11.7. The Balaban J connectivity index is 2.12. The van der Waals surface area contributed by atoms with Gasteiger partial charge < -0.3 is 15.2 Å². The van der Waals surface area contributed by atoms with Crippen molar-refractivity contribution in [3.8, 4) is 11.5 Å². The second-order valence-electron chi connectivity index (χ2n) is 4.57. The van der Waals surface area contributed by atoms with Gasteiger partial charge in [0, 0.05) is 22.3 Å². The molecule has 0 aliphatic heterocycles. The molecule has 20 heavy (non-hydrogen) atoms. The SMILES string of the molecule is CCOc1cccc(CNc2cc(C)cc(Br)c2)c1O. The second kappa shape index (κ2) is 6.66. The normalized spacial score (nSPS) is 10.3. The van der Waals surface area contributed by atoms with Crippen molar-refractivity contribution in [2.24, 2.45) is 0 Å². The number of phenolic OH excluding ortho intramolecular Hbond substituents is 1. The highest BCUT2D eigenvalue weighted by atomic mass is 79.9. The fraction of sp³-hybridized carbons (Fsp3) is 0.250. The van der Waals surface area contributed by atoms with Gasteiger partial charge in [-0.25, -0.2) is 0 Å². The maximum Gasteiger partial charge on any atom is 0.162 e. The van der Waals surface area contributed by atoms with Gasteiger partial charge in [0.25, 0.3) is 0 Å². The van der Waals surface area contributed by atoms with Gasteiger partial charge in [0.1, 0.15) is 0 Å². The Labute approximate surface area is 127 Å². The summed E-state index contributed by atoms with van der Waals surface area (Å²) in [4.78, 5) is 0. The van der Waals surface area contributed by atoms with Crippen LogP contribution in [0.4, 0.5) is 5.69 Å². The molecule has 0 amide bonds. The molecular weight excluding hydrogens is 318 g/mol. The molecule has 2 aromatic carbocycles. The van der Waals surface area contributed by atoms with E-state index in [9.17, 15) is 5.11 Å². The Morgan fingerprint density at radius 2 is 2.05 bits per heavy atom. The zero-order chi connectivity index (χ0) is 14.5. The Morgan fingerprint density at radius 1 is 1.25 bits per heavy atom. The van der Waals surface area contributed by atoms with E-state index in [1.807, 2.05) is 32.0 Å². The fourth-order valence-electron chi connectivity index (χ4n) is 2.02. The van der Waals surface area contributed by atoms with Crippen LogP contribution in [0.25, 0.3) is 0 Å². The molecule has 0 aliphatic carbocycles. The standard InChI is InChI=1S/C16H18BrNO2/c1-3-20-15-6-4-5-12(16(15)19)10-18-14-8-11(2)7-13(17)9-14/h4-9,18-19H,3,10H2,1-2H3. The zero-order valence-corrected chi connectivity index (χ0v) is 13.2. The molecule has 0 aromatic heterocycles. The molecule has 4 heteroatoms. The van der Waals surface area contributed by atoms with E-state index in [0.717, 1.165) is 15.7 Å². The molecule has 0 bridgehead atoms. The maximum atomic E-state index is 10.1. The molecule has 0 saturated heterocycles. The van der Waals surface area contributed by atoms with Crippen molar-refractivity contribution in [3.05, 3.63) is 52.0 Å². The first kappa shape index (κ1) is 14.7. The number of phenols is 1. The number of aryl methyl sites for hydroxylation is 1. The summed E-state index contributed by atoms with van der Waals surface area (Å²) in [5.41, 5.74) is 3.00. The van der Waals surface area contributed by atoms with Gasteiger partial charge in [-0.1, -0.05) is 28.1 Å². The van der Waals surface area contributed by atoms with Crippen LogP contribution in [0, 0.1) is 6.92 Å². The molecule has 0 spiro atoms. The number of aromatic hydroxyl groups is 1. The smallest absolute Gasteiger partial charge is 0.162 e. The van der Waals surface area contributed by atoms with Crippen LogP contribution in [0.15, 0.2) is 40.9 Å². The van der Waals surface area contributed by atoms with Crippen LogP contribution in [0.3, 0.4) is 0 Å². The van der Waals surface area contributed by atoms with Gasteiger partial charge in [-0.2, -0.15) is 0 Å². The van der Waals surface area contributed by atoms with Gasteiger partial charge in [-0.05, 0) is 43.7 Å². The van der Waals surface area contributed by atoms with Gasteiger partial charge >= 0.3 is 0 Å². The van der Waals surface area contributed by atoms with E-state index in [1.54, 1.807) is 6.07 Å². The number of benzene rings is 2. The minimum Gasteiger partial charge on any atom is -0.504 e. The average molecular weight is 336 g/mol. The summed E-state index contributed by atoms with van der Waals surface area (Å²) in [5, 5.41) is 13.4. The molecule has 3 nitrogen and oxygen atoms in total. The highest BCUT2D eigenvalue weighted by molar-refractivity contribution is 9.10. The van der Waals surface area contributed by atoms with Crippen LogP contribution in [0.2, 0.25) is 0 Å². The van der Waals surface area contributed by atoms with Crippen molar-refractivity contribution in [3.63, 3.8) is 0 Å². The van der Waals surface area contributed by atoms with Gasteiger partial charge in [0.15, 0.2) is 11.5 Å².